The molecule has 2 rings (SSSR count). The van der Waals surface area contributed by atoms with Gasteiger partial charge in [0.1, 0.15) is 5.30 Å². The molecule has 1 unspecified atom stereocenters. The van der Waals surface area contributed by atoms with Crippen LogP contribution in [0.4, 0.5) is 0 Å². The first-order chi connectivity index (χ1) is 10.7. The Bertz CT molecular complexity index is 764. The van der Waals surface area contributed by atoms with Crippen molar-refractivity contribution in [3.63, 3.8) is 0 Å². The Morgan fingerprint density at radius 3 is 1.57 bits per heavy atom. The van der Waals surface area contributed by atoms with Crippen molar-refractivity contribution in [3.05, 3.63) is 51.1 Å². The maximum atomic E-state index is 13.3. The lowest BCUT2D eigenvalue weighted by Crippen LogP contribution is -2.15. The van der Waals surface area contributed by atoms with Gasteiger partial charge in [0.05, 0.1) is 8.95 Å². The van der Waals surface area contributed by atoms with Gasteiger partial charge in [0.15, 0.2) is 5.75 Å². The van der Waals surface area contributed by atoms with Gasteiger partial charge >= 0.3 is 7.60 Å². The van der Waals surface area contributed by atoms with Gasteiger partial charge in [-0.1, -0.05) is 31.9 Å². The van der Waals surface area contributed by atoms with E-state index in [0.717, 1.165) is 8.95 Å². The number of rotatable bonds is 4. The number of halogens is 6. The third-order valence-electron chi connectivity index (χ3n) is 2.67. The van der Waals surface area contributed by atoms with E-state index in [2.05, 4.69) is 95.6 Å². The normalized spacial score (nSPS) is 13.7. The second-order valence-corrected chi connectivity index (χ2v) is 11.4. The van der Waals surface area contributed by atoms with Crippen molar-refractivity contribution >= 4 is 108 Å². The zero-order valence-electron chi connectivity index (χ0n) is 11.2. The summed E-state index contributed by atoms with van der Waals surface area (Å²) in [6, 6.07) is 7.15. The first-order valence-electron chi connectivity index (χ1n) is 5.83. The van der Waals surface area contributed by atoms with Crippen LogP contribution in [0, 0.1) is 0 Å². The molecule has 0 aliphatic rings. The molecule has 0 bridgehead atoms. The predicted octanol–water partition coefficient (Wildman–Crippen LogP) is 7.81. The minimum atomic E-state index is -3.63. The summed E-state index contributed by atoms with van der Waals surface area (Å²) in [6.07, 6.45) is 0. The number of hydrogen-bond acceptors (Lipinski definition) is 3. The van der Waals surface area contributed by atoms with E-state index in [1.807, 2.05) is 0 Å². The van der Waals surface area contributed by atoms with E-state index in [1.54, 1.807) is 24.3 Å². The van der Waals surface area contributed by atoms with E-state index in [4.69, 9.17) is 9.05 Å². The highest BCUT2D eigenvalue weighted by molar-refractivity contribution is 9.12. The minimum Gasteiger partial charge on any atom is -0.419 e. The Balaban J connectivity index is 2.58. The van der Waals surface area contributed by atoms with Crippen LogP contribution >= 0.6 is 103 Å². The molecule has 0 N–H and O–H groups in total. The molecule has 23 heavy (non-hydrogen) atoms. The van der Waals surface area contributed by atoms with Crippen LogP contribution in [0.3, 0.4) is 0 Å². The predicted molar refractivity (Wildman–Crippen MR) is 114 cm³/mol. The summed E-state index contributed by atoms with van der Waals surface area (Å²) >= 11 is 20.4. The van der Waals surface area contributed by atoms with Gasteiger partial charge in [-0.25, -0.2) is 4.57 Å². The molecule has 3 nitrogen and oxygen atoms in total. The lowest BCUT2D eigenvalue weighted by atomic mass is 10.3. The highest BCUT2D eigenvalue weighted by Crippen LogP contribution is 2.53. The molecule has 0 fully saturated rings. The first-order valence-corrected chi connectivity index (χ1v) is 12.1. The summed E-state index contributed by atoms with van der Waals surface area (Å²) in [6.45, 7) is 0. The highest BCUT2D eigenvalue weighted by atomic mass is 79.9. The minimum absolute atomic E-state index is 0.389. The average Bonchev–Trinajstić information content (AvgIpc) is 2.41. The third-order valence-corrected chi connectivity index (χ3v) is 8.56. The van der Waals surface area contributed by atoms with Crippen LogP contribution in [0.1, 0.15) is 0 Å². The summed E-state index contributed by atoms with van der Waals surface area (Å²) in [5.74, 6) is 0.389. The summed E-state index contributed by atoms with van der Waals surface area (Å²) in [7, 11) is -2.28. The largest absolute Gasteiger partial charge is 0.419 e. The van der Waals surface area contributed by atoms with Crippen molar-refractivity contribution in [1.29, 1.82) is 0 Å². The zero-order valence-corrected chi connectivity index (χ0v) is 21.7. The van der Waals surface area contributed by atoms with Gasteiger partial charge in [-0.3, -0.25) is 4.52 Å². The van der Waals surface area contributed by atoms with E-state index in [-0.39, 0.29) is 0 Å². The highest BCUT2D eigenvalue weighted by Gasteiger charge is 2.34. The Morgan fingerprint density at radius 2 is 1.17 bits per heavy atom. The van der Waals surface area contributed by atoms with E-state index >= 15 is 0 Å². The maximum absolute atomic E-state index is 13.3. The zero-order chi connectivity index (χ0) is 17.4. The van der Waals surface area contributed by atoms with E-state index in [9.17, 15) is 4.57 Å². The van der Waals surface area contributed by atoms with Crippen molar-refractivity contribution in [2.75, 3.05) is 7.11 Å². The number of hydrogen-bond donors (Lipinski definition) is 0. The van der Waals surface area contributed by atoms with Crippen LogP contribution in [0.15, 0.2) is 51.1 Å². The monoisotopic (exact) mass is 716 g/mol. The fourth-order valence-electron chi connectivity index (χ4n) is 1.71. The topological polar surface area (TPSA) is 35.5 Å². The van der Waals surface area contributed by atoms with Crippen molar-refractivity contribution < 1.29 is 13.6 Å². The van der Waals surface area contributed by atoms with Crippen molar-refractivity contribution in [2.24, 2.45) is 0 Å². The fourth-order valence-corrected chi connectivity index (χ4v) is 9.38. The molecule has 2 aromatic rings. The quantitative estimate of drug-likeness (QED) is 0.303. The van der Waals surface area contributed by atoms with E-state index in [1.165, 1.54) is 7.11 Å². The molecule has 2 aromatic carbocycles. The Labute approximate surface area is 184 Å². The van der Waals surface area contributed by atoms with Gasteiger partial charge in [0, 0.05) is 25.0 Å². The molecule has 0 aliphatic heterocycles. The molecule has 0 amide bonds. The van der Waals surface area contributed by atoms with Gasteiger partial charge in [0.25, 0.3) is 0 Å². The Kier molecular flexibility index (Phi) is 7.47. The second kappa shape index (κ2) is 8.33. The van der Waals surface area contributed by atoms with Crippen LogP contribution in [-0.4, -0.2) is 7.11 Å². The summed E-state index contributed by atoms with van der Waals surface area (Å²) < 4.78 is 28.6. The number of benzene rings is 2. The molecule has 0 aliphatic carbocycles. The molecule has 124 valence electrons. The molecule has 1 atom stereocenters. The van der Waals surface area contributed by atoms with Gasteiger partial charge in [-0.2, -0.15) is 0 Å². The lowest BCUT2D eigenvalue weighted by molar-refractivity contribution is 0.332. The maximum Gasteiger partial charge on any atom is 0.412 e. The lowest BCUT2D eigenvalue weighted by Gasteiger charge is -2.21. The van der Waals surface area contributed by atoms with Crippen LogP contribution in [0.5, 0.6) is 5.75 Å². The summed E-state index contributed by atoms with van der Waals surface area (Å²) in [5, 5.41) is 0.407. The Hall–Kier alpha value is 1.31. The van der Waals surface area contributed by atoms with Gasteiger partial charge in [-0.15, -0.1) is 0 Å². The third kappa shape index (κ3) is 4.73. The van der Waals surface area contributed by atoms with Gasteiger partial charge < -0.3 is 4.52 Å². The van der Waals surface area contributed by atoms with Crippen LogP contribution < -0.4 is 9.83 Å². The molecule has 0 spiro atoms. The summed E-state index contributed by atoms with van der Waals surface area (Å²) in [4.78, 5) is 0. The Morgan fingerprint density at radius 1 is 0.783 bits per heavy atom. The molecule has 10 heteroatoms. The molecule has 0 saturated carbocycles. The van der Waals surface area contributed by atoms with Gasteiger partial charge in [0.2, 0.25) is 0 Å². The smallest absolute Gasteiger partial charge is 0.412 e. The average molecular weight is 722 g/mol. The fraction of sp³-hybridized carbons (Fsp3) is 0.0769. The van der Waals surface area contributed by atoms with Crippen molar-refractivity contribution in [1.82, 2.24) is 0 Å². The first kappa shape index (κ1) is 20.6. The van der Waals surface area contributed by atoms with Crippen molar-refractivity contribution in [3.8, 4) is 5.75 Å². The van der Waals surface area contributed by atoms with Crippen LogP contribution in [0.2, 0.25) is 0 Å². The van der Waals surface area contributed by atoms with E-state index < -0.39 is 7.60 Å². The molecule has 0 aromatic heterocycles. The molecule has 0 heterocycles. The molecular formula is C13H7Br6O3P. The van der Waals surface area contributed by atoms with Gasteiger partial charge in [-0.05, 0) is 88.0 Å². The second-order valence-electron chi connectivity index (χ2n) is 4.19. The molecular weight excluding hydrogens is 715 g/mol. The molecule has 0 saturated heterocycles. The van der Waals surface area contributed by atoms with Crippen LogP contribution in [-0.2, 0) is 9.09 Å². The van der Waals surface area contributed by atoms with E-state index in [0.29, 0.717) is 28.9 Å². The van der Waals surface area contributed by atoms with Crippen LogP contribution in [0.25, 0.3) is 0 Å². The molecule has 0 radical (unpaired) electrons. The summed E-state index contributed by atoms with van der Waals surface area (Å²) in [5.41, 5.74) is 0. The van der Waals surface area contributed by atoms with Crippen molar-refractivity contribution in [2.45, 2.75) is 0 Å². The SMILES string of the molecule is COP(=O)(Oc1c(Br)cc(Br)cc1Br)c1c(Br)cc(Br)cc1Br. The standard InChI is InChI=1S/C13H7Br6O3P/c1-21-23(20,13-10(18)4-7(15)5-11(13)19)22-12-8(16)2-6(14)3-9(12)17/h2-5H,1H3.